The van der Waals surface area contributed by atoms with E-state index in [4.69, 9.17) is 9.47 Å². The Kier molecular flexibility index (Phi) is 6.83. The molecule has 1 aromatic carbocycles. The predicted molar refractivity (Wildman–Crippen MR) is 100 cm³/mol. The van der Waals surface area contributed by atoms with Crippen LogP contribution in [0.25, 0.3) is 0 Å². The summed E-state index contributed by atoms with van der Waals surface area (Å²) in [5.41, 5.74) is 0.179. The van der Waals surface area contributed by atoms with Crippen molar-refractivity contribution in [3.05, 3.63) is 29.8 Å². The van der Waals surface area contributed by atoms with Crippen LogP contribution in [0.15, 0.2) is 29.2 Å². The van der Waals surface area contributed by atoms with Crippen LogP contribution >= 0.6 is 0 Å². The second kappa shape index (κ2) is 9.11. The van der Waals surface area contributed by atoms with Crippen molar-refractivity contribution in [2.75, 3.05) is 59.2 Å². The fourth-order valence-corrected chi connectivity index (χ4v) is 4.89. The Hall–Kier alpha value is -1.52. The third-order valence-corrected chi connectivity index (χ3v) is 6.90. The molecular weight excluding hydrogens is 370 g/mol. The molecule has 2 aliphatic heterocycles. The minimum Gasteiger partial charge on any atom is -0.379 e. The van der Waals surface area contributed by atoms with E-state index in [2.05, 4.69) is 10.2 Å². The van der Waals surface area contributed by atoms with Gasteiger partial charge in [-0.2, -0.15) is 4.31 Å². The summed E-state index contributed by atoms with van der Waals surface area (Å²) in [5.74, 6) is -0.373. The van der Waals surface area contributed by atoms with Gasteiger partial charge in [0.05, 0.1) is 36.9 Å². The molecule has 1 unspecified atom stereocenters. The van der Waals surface area contributed by atoms with Gasteiger partial charge >= 0.3 is 0 Å². The van der Waals surface area contributed by atoms with E-state index >= 15 is 0 Å². The lowest BCUT2D eigenvalue weighted by Gasteiger charge is -2.32. The number of carbonyl (C=O) groups excluding carboxylic acids is 1. The number of hydrogen-bond acceptors (Lipinski definition) is 6. The largest absolute Gasteiger partial charge is 0.379 e. The molecular formula is C18H27N3O5S. The first kappa shape index (κ1) is 20.2. The number of ether oxygens (including phenoxy) is 2. The molecule has 1 N–H and O–H groups in total. The third-order valence-electron chi connectivity index (χ3n) is 4.95. The highest BCUT2D eigenvalue weighted by molar-refractivity contribution is 7.89. The van der Waals surface area contributed by atoms with Crippen LogP contribution in [-0.2, 0) is 19.5 Å². The van der Waals surface area contributed by atoms with Crippen molar-refractivity contribution in [2.45, 2.75) is 17.9 Å². The molecule has 2 fully saturated rings. The van der Waals surface area contributed by atoms with Crippen LogP contribution in [0.2, 0.25) is 0 Å². The molecule has 0 radical (unpaired) electrons. The highest BCUT2D eigenvalue weighted by Crippen LogP contribution is 2.21. The molecule has 2 aliphatic rings. The van der Waals surface area contributed by atoms with Gasteiger partial charge in [0, 0.05) is 38.8 Å². The lowest BCUT2D eigenvalue weighted by Crippen LogP contribution is -2.47. The van der Waals surface area contributed by atoms with Crippen molar-refractivity contribution >= 4 is 15.9 Å². The Morgan fingerprint density at radius 1 is 1.07 bits per heavy atom. The Balaban J connectivity index is 1.70. The number of nitrogens with zero attached hydrogens (tertiary/aromatic N) is 2. The molecule has 2 saturated heterocycles. The average molecular weight is 397 g/mol. The lowest BCUT2D eigenvalue weighted by atomic mass is 10.2. The van der Waals surface area contributed by atoms with Gasteiger partial charge in [-0.05, 0) is 19.1 Å². The molecule has 9 heteroatoms. The number of morpholine rings is 2. The topological polar surface area (TPSA) is 88.2 Å². The number of hydrogen-bond donors (Lipinski definition) is 1. The van der Waals surface area contributed by atoms with Crippen LogP contribution in [0.1, 0.15) is 17.3 Å². The zero-order chi connectivity index (χ0) is 19.3. The smallest absolute Gasteiger partial charge is 0.252 e. The molecule has 1 aromatic rings. The minimum absolute atomic E-state index is 0.0448. The van der Waals surface area contributed by atoms with Crippen molar-refractivity contribution in [3.8, 4) is 0 Å². The first-order chi connectivity index (χ1) is 13.0. The highest BCUT2D eigenvalue weighted by Gasteiger charge is 2.30. The van der Waals surface area contributed by atoms with Crippen molar-refractivity contribution < 1.29 is 22.7 Å². The van der Waals surface area contributed by atoms with Crippen LogP contribution in [0.5, 0.6) is 0 Å². The van der Waals surface area contributed by atoms with Crippen LogP contribution in [0, 0.1) is 0 Å². The van der Waals surface area contributed by atoms with Gasteiger partial charge in [0.1, 0.15) is 0 Å². The summed E-state index contributed by atoms with van der Waals surface area (Å²) >= 11 is 0. The van der Waals surface area contributed by atoms with Gasteiger partial charge in [0.15, 0.2) is 0 Å². The summed E-state index contributed by atoms with van der Waals surface area (Å²) in [4.78, 5) is 15.0. The fourth-order valence-electron chi connectivity index (χ4n) is 3.29. The van der Waals surface area contributed by atoms with Crippen molar-refractivity contribution in [2.24, 2.45) is 0 Å². The Labute approximate surface area is 160 Å². The molecule has 1 atom stereocenters. The quantitative estimate of drug-likeness (QED) is 0.736. The maximum absolute atomic E-state index is 13.0. The molecule has 150 valence electrons. The molecule has 8 nitrogen and oxygen atoms in total. The molecule has 0 aromatic heterocycles. The van der Waals surface area contributed by atoms with E-state index < -0.39 is 10.0 Å². The Morgan fingerprint density at radius 3 is 2.33 bits per heavy atom. The number of amides is 1. The van der Waals surface area contributed by atoms with Crippen molar-refractivity contribution in [1.29, 1.82) is 0 Å². The molecule has 27 heavy (non-hydrogen) atoms. The van der Waals surface area contributed by atoms with Crippen molar-refractivity contribution in [3.63, 3.8) is 0 Å². The van der Waals surface area contributed by atoms with Crippen LogP contribution in [-0.4, -0.2) is 88.7 Å². The molecule has 0 saturated carbocycles. The maximum Gasteiger partial charge on any atom is 0.252 e. The summed E-state index contributed by atoms with van der Waals surface area (Å²) < 4.78 is 37.9. The highest BCUT2D eigenvalue weighted by atomic mass is 32.2. The average Bonchev–Trinajstić information content (AvgIpc) is 2.73. The second-order valence-electron chi connectivity index (χ2n) is 6.72. The van der Waals surface area contributed by atoms with Crippen LogP contribution in [0.3, 0.4) is 0 Å². The lowest BCUT2D eigenvalue weighted by molar-refractivity contribution is 0.0204. The van der Waals surface area contributed by atoms with Gasteiger partial charge in [-0.15, -0.1) is 0 Å². The molecule has 2 heterocycles. The number of benzene rings is 1. The molecule has 3 rings (SSSR count). The summed E-state index contributed by atoms with van der Waals surface area (Å²) in [6.45, 7) is 6.87. The predicted octanol–water partition coefficient (Wildman–Crippen LogP) is 0.158. The molecule has 0 spiro atoms. The van der Waals surface area contributed by atoms with Crippen LogP contribution in [0.4, 0.5) is 0 Å². The summed E-state index contributed by atoms with van der Waals surface area (Å²) in [5, 5.41) is 2.88. The monoisotopic (exact) mass is 397 g/mol. The minimum atomic E-state index is -3.73. The van der Waals surface area contributed by atoms with Crippen LogP contribution < -0.4 is 5.32 Å². The first-order valence-electron chi connectivity index (χ1n) is 9.27. The normalized spacial score (nSPS) is 20.9. The van der Waals surface area contributed by atoms with Gasteiger partial charge < -0.3 is 14.8 Å². The van der Waals surface area contributed by atoms with E-state index in [1.807, 2.05) is 6.92 Å². The van der Waals surface area contributed by atoms with E-state index in [1.54, 1.807) is 18.2 Å². The van der Waals surface area contributed by atoms with Crippen molar-refractivity contribution in [1.82, 2.24) is 14.5 Å². The van der Waals surface area contributed by atoms with E-state index in [1.165, 1.54) is 10.4 Å². The van der Waals surface area contributed by atoms with E-state index in [0.717, 1.165) is 13.1 Å². The number of nitrogens with one attached hydrogen (secondary N) is 1. The number of sulfonamides is 1. The summed E-state index contributed by atoms with van der Waals surface area (Å²) in [7, 11) is -3.73. The van der Waals surface area contributed by atoms with E-state index in [9.17, 15) is 13.2 Å². The van der Waals surface area contributed by atoms with Gasteiger partial charge in [-0.1, -0.05) is 12.1 Å². The molecule has 0 aliphatic carbocycles. The number of carbonyl (C=O) groups is 1. The number of rotatable bonds is 6. The van der Waals surface area contributed by atoms with Gasteiger partial charge in [-0.3, -0.25) is 9.69 Å². The van der Waals surface area contributed by atoms with E-state index in [0.29, 0.717) is 46.1 Å². The molecule has 0 bridgehead atoms. The maximum atomic E-state index is 13.0. The summed E-state index contributed by atoms with van der Waals surface area (Å²) in [6, 6.07) is 6.52. The standard InChI is InChI=1S/C18H27N3O5S/c1-15(20-6-10-25-11-7-20)14-19-18(22)16-4-2-3-5-17(16)27(23,24)21-8-12-26-13-9-21/h2-5,15H,6-14H2,1H3,(H,19,22). The second-order valence-corrected chi connectivity index (χ2v) is 8.63. The van der Waals surface area contributed by atoms with Gasteiger partial charge in [0.2, 0.25) is 10.0 Å². The van der Waals surface area contributed by atoms with Gasteiger partial charge in [-0.25, -0.2) is 8.42 Å². The fraction of sp³-hybridized carbons (Fsp3) is 0.611. The van der Waals surface area contributed by atoms with Gasteiger partial charge in [0.25, 0.3) is 5.91 Å². The zero-order valence-corrected chi connectivity index (χ0v) is 16.4. The zero-order valence-electron chi connectivity index (χ0n) is 15.6. The molecule has 1 amide bonds. The Morgan fingerprint density at radius 2 is 1.67 bits per heavy atom. The Bertz CT molecular complexity index is 743. The first-order valence-corrected chi connectivity index (χ1v) is 10.7. The third kappa shape index (κ3) is 4.85. The van der Waals surface area contributed by atoms with E-state index in [-0.39, 0.29) is 22.4 Å². The summed E-state index contributed by atoms with van der Waals surface area (Å²) in [6.07, 6.45) is 0. The SMILES string of the molecule is CC(CNC(=O)c1ccccc1S(=O)(=O)N1CCOCC1)N1CCOCC1.